The van der Waals surface area contributed by atoms with Crippen molar-refractivity contribution in [3.63, 3.8) is 0 Å². The molecule has 0 bridgehead atoms. The molecule has 0 aromatic heterocycles. The van der Waals surface area contributed by atoms with E-state index in [0.717, 1.165) is 12.8 Å². The van der Waals surface area contributed by atoms with Gasteiger partial charge in [-0.25, -0.2) is 0 Å². The lowest BCUT2D eigenvalue weighted by atomic mass is 9.74. The molecule has 0 radical (unpaired) electrons. The lowest BCUT2D eigenvalue weighted by molar-refractivity contribution is -0.121. The molecule has 3 heteroatoms. The summed E-state index contributed by atoms with van der Waals surface area (Å²) in [5, 5.41) is 12.3. The van der Waals surface area contributed by atoms with Crippen LogP contribution >= 0.6 is 0 Å². The number of carbonyl (C=O) groups excluding carboxylic acids is 1. The van der Waals surface area contributed by atoms with Crippen LogP contribution in [0.5, 0.6) is 0 Å². The SMILES string of the molecule is CCC(=O)NCC1(CO)CCCCC1. The smallest absolute Gasteiger partial charge is 0.219 e. The highest BCUT2D eigenvalue weighted by Crippen LogP contribution is 2.35. The number of rotatable bonds is 4. The zero-order valence-corrected chi connectivity index (χ0v) is 9.01. The second-order valence-electron chi connectivity index (χ2n) is 4.35. The van der Waals surface area contributed by atoms with E-state index in [9.17, 15) is 9.90 Å². The topological polar surface area (TPSA) is 49.3 Å². The second-order valence-corrected chi connectivity index (χ2v) is 4.35. The Balaban J connectivity index is 2.39. The van der Waals surface area contributed by atoms with Gasteiger partial charge in [-0.3, -0.25) is 4.79 Å². The fourth-order valence-electron chi connectivity index (χ4n) is 2.10. The normalized spacial score (nSPS) is 20.4. The van der Waals surface area contributed by atoms with Crippen LogP contribution in [0.4, 0.5) is 0 Å². The van der Waals surface area contributed by atoms with Crippen LogP contribution in [0.15, 0.2) is 0 Å². The molecule has 0 spiro atoms. The van der Waals surface area contributed by atoms with Gasteiger partial charge in [-0.05, 0) is 12.8 Å². The summed E-state index contributed by atoms with van der Waals surface area (Å²) in [6.45, 7) is 2.70. The predicted molar refractivity (Wildman–Crippen MR) is 55.9 cm³/mol. The summed E-state index contributed by atoms with van der Waals surface area (Å²) in [6, 6.07) is 0. The van der Waals surface area contributed by atoms with Crippen molar-refractivity contribution in [2.75, 3.05) is 13.2 Å². The number of hydrogen-bond acceptors (Lipinski definition) is 2. The van der Waals surface area contributed by atoms with Crippen LogP contribution in [0.3, 0.4) is 0 Å². The first-order chi connectivity index (χ1) is 6.72. The van der Waals surface area contributed by atoms with Crippen molar-refractivity contribution in [1.29, 1.82) is 0 Å². The van der Waals surface area contributed by atoms with Crippen molar-refractivity contribution in [1.82, 2.24) is 5.32 Å². The molecule has 2 N–H and O–H groups in total. The zero-order valence-electron chi connectivity index (χ0n) is 9.01. The lowest BCUT2D eigenvalue weighted by Crippen LogP contribution is -2.41. The van der Waals surface area contributed by atoms with Gasteiger partial charge in [-0.2, -0.15) is 0 Å². The first kappa shape index (κ1) is 11.5. The number of amides is 1. The Morgan fingerprint density at radius 1 is 1.36 bits per heavy atom. The summed E-state index contributed by atoms with van der Waals surface area (Å²) < 4.78 is 0. The van der Waals surface area contributed by atoms with E-state index < -0.39 is 0 Å². The van der Waals surface area contributed by atoms with Gasteiger partial charge >= 0.3 is 0 Å². The first-order valence-corrected chi connectivity index (χ1v) is 5.60. The average molecular weight is 199 g/mol. The average Bonchev–Trinajstić information content (AvgIpc) is 2.27. The standard InChI is InChI=1S/C11H21NO2/c1-2-10(14)12-8-11(9-13)6-4-3-5-7-11/h13H,2-9H2,1H3,(H,12,14). The van der Waals surface area contributed by atoms with E-state index in [1.807, 2.05) is 6.92 Å². The highest BCUT2D eigenvalue weighted by molar-refractivity contribution is 5.75. The zero-order chi connectivity index (χ0) is 10.4. The van der Waals surface area contributed by atoms with E-state index in [4.69, 9.17) is 0 Å². The minimum absolute atomic E-state index is 0.0247. The lowest BCUT2D eigenvalue weighted by Gasteiger charge is -2.35. The van der Waals surface area contributed by atoms with Crippen LogP contribution in [-0.4, -0.2) is 24.2 Å². The van der Waals surface area contributed by atoms with Gasteiger partial charge in [0.25, 0.3) is 0 Å². The fraction of sp³-hybridized carbons (Fsp3) is 0.909. The van der Waals surface area contributed by atoms with Gasteiger partial charge in [-0.1, -0.05) is 26.2 Å². The Kier molecular flexibility index (Phi) is 4.39. The molecule has 0 aromatic rings. The maximum Gasteiger partial charge on any atom is 0.219 e. The molecule has 0 saturated heterocycles. The van der Waals surface area contributed by atoms with Crippen LogP contribution in [0.2, 0.25) is 0 Å². The summed E-state index contributed by atoms with van der Waals surface area (Å²) in [7, 11) is 0. The molecule has 82 valence electrons. The predicted octanol–water partition coefficient (Wildman–Crippen LogP) is 1.46. The number of hydrogen-bond donors (Lipinski definition) is 2. The van der Waals surface area contributed by atoms with Gasteiger partial charge < -0.3 is 10.4 Å². The quantitative estimate of drug-likeness (QED) is 0.720. The molecule has 1 saturated carbocycles. The molecule has 1 rings (SSSR count). The number of aliphatic hydroxyl groups excluding tert-OH is 1. The summed E-state index contributed by atoms with van der Waals surface area (Å²) >= 11 is 0. The highest BCUT2D eigenvalue weighted by Gasteiger charge is 2.31. The number of nitrogens with one attached hydrogen (secondary N) is 1. The molecule has 0 heterocycles. The molecule has 0 aromatic carbocycles. The molecular formula is C11H21NO2. The molecule has 3 nitrogen and oxygen atoms in total. The summed E-state index contributed by atoms with van der Waals surface area (Å²) in [4.78, 5) is 11.1. The van der Waals surface area contributed by atoms with Gasteiger partial charge in [0.1, 0.15) is 0 Å². The first-order valence-electron chi connectivity index (χ1n) is 5.60. The van der Waals surface area contributed by atoms with Crippen molar-refractivity contribution in [2.24, 2.45) is 5.41 Å². The third-order valence-electron chi connectivity index (χ3n) is 3.23. The molecule has 0 atom stereocenters. The fourth-order valence-corrected chi connectivity index (χ4v) is 2.10. The monoisotopic (exact) mass is 199 g/mol. The maximum absolute atomic E-state index is 11.1. The van der Waals surface area contributed by atoms with Crippen LogP contribution < -0.4 is 5.32 Å². The van der Waals surface area contributed by atoms with Gasteiger partial charge in [-0.15, -0.1) is 0 Å². The maximum atomic E-state index is 11.1. The van der Waals surface area contributed by atoms with Crippen LogP contribution in [0.1, 0.15) is 45.4 Å². The van der Waals surface area contributed by atoms with Gasteiger partial charge in [0.15, 0.2) is 0 Å². The van der Waals surface area contributed by atoms with E-state index in [1.165, 1.54) is 19.3 Å². The van der Waals surface area contributed by atoms with Gasteiger partial charge in [0.05, 0.1) is 6.61 Å². The molecule has 1 aliphatic carbocycles. The van der Waals surface area contributed by atoms with Crippen LogP contribution in [0, 0.1) is 5.41 Å². The summed E-state index contributed by atoms with van der Waals surface area (Å²) in [5.74, 6) is 0.0865. The van der Waals surface area contributed by atoms with E-state index in [-0.39, 0.29) is 17.9 Å². The van der Waals surface area contributed by atoms with Gasteiger partial charge in [0, 0.05) is 18.4 Å². The largest absolute Gasteiger partial charge is 0.396 e. The summed E-state index contributed by atoms with van der Waals surface area (Å²) in [5.41, 5.74) is -0.0247. The van der Waals surface area contributed by atoms with Crippen LogP contribution in [0.25, 0.3) is 0 Å². The Morgan fingerprint density at radius 2 is 2.00 bits per heavy atom. The second kappa shape index (κ2) is 5.35. The van der Waals surface area contributed by atoms with Crippen molar-refractivity contribution in [3.8, 4) is 0 Å². The van der Waals surface area contributed by atoms with Crippen molar-refractivity contribution in [3.05, 3.63) is 0 Å². The van der Waals surface area contributed by atoms with Gasteiger partial charge in [0.2, 0.25) is 5.91 Å². The number of aliphatic hydroxyl groups is 1. The van der Waals surface area contributed by atoms with Crippen molar-refractivity contribution >= 4 is 5.91 Å². The molecule has 0 aliphatic heterocycles. The number of carbonyl (C=O) groups is 1. The Bertz CT molecular complexity index is 186. The van der Waals surface area contributed by atoms with E-state index in [2.05, 4.69) is 5.32 Å². The third kappa shape index (κ3) is 2.98. The molecule has 1 aliphatic rings. The van der Waals surface area contributed by atoms with E-state index in [1.54, 1.807) is 0 Å². The van der Waals surface area contributed by atoms with E-state index in [0.29, 0.717) is 13.0 Å². The summed E-state index contributed by atoms with van der Waals surface area (Å²) in [6.07, 6.45) is 6.26. The van der Waals surface area contributed by atoms with Crippen LogP contribution in [-0.2, 0) is 4.79 Å². The minimum Gasteiger partial charge on any atom is -0.396 e. The Morgan fingerprint density at radius 3 is 2.50 bits per heavy atom. The third-order valence-corrected chi connectivity index (χ3v) is 3.23. The minimum atomic E-state index is -0.0247. The van der Waals surface area contributed by atoms with Crippen molar-refractivity contribution < 1.29 is 9.90 Å². The molecule has 0 unspecified atom stereocenters. The van der Waals surface area contributed by atoms with Crippen molar-refractivity contribution in [2.45, 2.75) is 45.4 Å². The Hall–Kier alpha value is -0.570. The molecule has 1 amide bonds. The molecule has 1 fully saturated rings. The Labute approximate surface area is 85.9 Å². The molecule has 14 heavy (non-hydrogen) atoms. The molecular weight excluding hydrogens is 178 g/mol. The van der Waals surface area contributed by atoms with E-state index >= 15 is 0 Å². The highest BCUT2D eigenvalue weighted by atomic mass is 16.3.